The number of sulfonamides is 1. The molecule has 21 heavy (non-hydrogen) atoms. The third-order valence-corrected chi connectivity index (χ3v) is 8.06. The maximum Gasteiger partial charge on any atom is 0.244 e. The lowest BCUT2D eigenvalue weighted by Gasteiger charge is -2.22. The van der Waals surface area contributed by atoms with Gasteiger partial charge in [-0.2, -0.15) is 16.1 Å². The Labute approximate surface area is 136 Å². The average Bonchev–Trinajstić information content (AvgIpc) is 2.81. The summed E-state index contributed by atoms with van der Waals surface area (Å²) in [6.07, 6.45) is 0.892. The van der Waals surface area contributed by atoms with Crippen molar-refractivity contribution in [3.63, 3.8) is 0 Å². The van der Waals surface area contributed by atoms with Gasteiger partial charge in [0.15, 0.2) is 0 Å². The standard InChI is InChI=1S/C14H24N2O2S3/c1-4-15-11-12-13(5-9-19-12)21(17,18)16-7-6-14(2,3)20-10-8-16/h5,9,15H,4,6-8,10-11H2,1-3H3. The zero-order chi connectivity index (χ0) is 15.5. The van der Waals surface area contributed by atoms with Crippen LogP contribution < -0.4 is 5.32 Å². The summed E-state index contributed by atoms with van der Waals surface area (Å²) in [5.41, 5.74) is 0. The van der Waals surface area contributed by atoms with Crippen LogP contribution in [0.25, 0.3) is 0 Å². The summed E-state index contributed by atoms with van der Waals surface area (Å²) in [5.74, 6) is 0.860. The highest BCUT2D eigenvalue weighted by Gasteiger charge is 2.32. The van der Waals surface area contributed by atoms with Crippen LogP contribution in [0.2, 0.25) is 0 Å². The number of hydrogen-bond donors (Lipinski definition) is 1. The minimum absolute atomic E-state index is 0.158. The summed E-state index contributed by atoms with van der Waals surface area (Å²) in [6.45, 7) is 9.08. The Morgan fingerprint density at radius 1 is 1.38 bits per heavy atom. The number of thiophene rings is 1. The smallest absolute Gasteiger partial charge is 0.244 e. The molecular weight excluding hydrogens is 324 g/mol. The van der Waals surface area contributed by atoms with E-state index in [1.165, 1.54) is 11.3 Å². The fourth-order valence-corrected chi connectivity index (χ4v) is 6.35. The Morgan fingerprint density at radius 3 is 2.86 bits per heavy atom. The molecule has 1 aliphatic rings. The predicted octanol–water partition coefficient (Wildman–Crippen LogP) is 2.76. The summed E-state index contributed by atoms with van der Waals surface area (Å²) in [4.78, 5) is 1.39. The number of nitrogens with zero attached hydrogens (tertiary/aromatic N) is 1. The molecule has 2 rings (SSSR count). The first kappa shape index (κ1) is 17.3. The van der Waals surface area contributed by atoms with Crippen LogP contribution >= 0.6 is 23.1 Å². The van der Waals surface area contributed by atoms with Crippen molar-refractivity contribution in [2.75, 3.05) is 25.4 Å². The van der Waals surface area contributed by atoms with Gasteiger partial charge in [-0.1, -0.05) is 20.8 Å². The van der Waals surface area contributed by atoms with Crippen molar-refractivity contribution in [1.82, 2.24) is 9.62 Å². The first-order valence-electron chi connectivity index (χ1n) is 7.28. The first-order chi connectivity index (χ1) is 9.87. The summed E-state index contributed by atoms with van der Waals surface area (Å²) < 4.78 is 27.6. The molecule has 0 bridgehead atoms. The van der Waals surface area contributed by atoms with Gasteiger partial charge in [-0.25, -0.2) is 8.42 Å². The highest BCUT2D eigenvalue weighted by Crippen LogP contribution is 2.33. The van der Waals surface area contributed by atoms with E-state index in [1.807, 2.05) is 24.1 Å². The topological polar surface area (TPSA) is 49.4 Å². The molecule has 1 aromatic rings. The van der Waals surface area contributed by atoms with Gasteiger partial charge in [0.05, 0.1) is 4.90 Å². The van der Waals surface area contributed by atoms with Gasteiger partial charge in [0, 0.05) is 35.0 Å². The third kappa shape index (κ3) is 4.22. The van der Waals surface area contributed by atoms with Crippen molar-refractivity contribution in [2.24, 2.45) is 0 Å². The largest absolute Gasteiger partial charge is 0.312 e. The molecule has 7 heteroatoms. The molecule has 0 radical (unpaired) electrons. The normalized spacial score (nSPS) is 20.3. The van der Waals surface area contributed by atoms with Crippen LogP contribution in [0.4, 0.5) is 0 Å². The number of rotatable bonds is 5. The van der Waals surface area contributed by atoms with Crippen LogP contribution in [0, 0.1) is 0 Å². The Morgan fingerprint density at radius 2 is 2.14 bits per heavy atom. The van der Waals surface area contributed by atoms with Gasteiger partial charge in [0.2, 0.25) is 10.0 Å². The Kier molecular flexibility index (Phi) is 5.76. The zero-order valence-corrected chi connectivity index (χ0v) is 15.3. The van der Waals surface area contributed by atoms with Gasteiger partial charge in [0.25, 0.3) is 0 Å². The predicted molar refractivity (Wildman–Crippen MR) is 91.6 cm³/mol. The Hall–Kier alpha value is -0.0800. The highest BCUT2D eigenvalue weighted by molar-refractivity contribution is 8.00. The van der Waals surface area contributed by atoms with Crippen LogP contribution in [0.1, 0.15) is 32.1 Å². The summed E-state index contributed by atoms with van der Waals surface area (Å²) >= 11 is 3.37. The molecule has 0 unspecified atom stereocenters. The fourth-order valence-electron chi connectivity index (χ4n) is 2.31. The minimum Gasteiger partial charge on any atom is -0.312 e. The van der Waals surface area contributed by atoms with E-state index in [0.29, 0.717) is 24.5 Å². The van der Waals surface area contributed by atoms with Gasteiger partial charge >= 0.3 is 0 Å². The Bertz CT molecular complexity index is 567. The summed E-state index contributed by atoms with van der Waals surface area (Å²) in [7, 11) is -3.36. The van der Waals surface area contributed by atoms with Crippen molar-refractivity contribution >= 4 is 33.1 Å². The van der Waals surface area contributed by atoms with E-state index in [2.05, 4.69) is 19.2 Å². The molecule has 1 aliphatic heterocycles. The van der Waals surface area contributed by atoms with Crippen molar-refractivity contribution in [1.29, 1.82) is 0 Å². The summed E-state index contributed by atoms with van der Waals surface area (Å²) in [6, 6.07) is 1.75. The van der Waals surface area contributed by atoms with E-state index < -0.39 is 10.0 Å². The molecule has 1 N–H and O–H groups in total. The monoisotopic (exact) mass is 348 g/mol. The molecule has 1 fully saturated rings. The molecular formula is C14H24N2O2S3. The summed E-state index contributed by atoms with van der Waals surface area (Å²) in [5, 5.41) is 5.09. The van der Waals surface area contributed by atoms with Gasteiger partial charge in [0.1, 0.15) is 0 Å². The van der Waals surface area contributed by atoms with Crippen LogP contribution in [0.3, 0.4) is 0 Å². The molecule has 1 aromatic heterocycles. The van der Waals surface area contributed by atoms with Crippen LogP contribution in [-0.4, -0.2) is 42.9 Å². The second-order valence-corrected chi connectivity index (χ2v) is 10.5. The van der Waals surface area contributed by atoms with Gasteiger partial charge in [-0.05, 0) is 24.4 Å². The molecule has 0 spiro atoms. The quantitative estimate of drug-likeness (QED) is 0.889. The van der Waals surface area contributed by atoms with Gasteiger partial charge in [-0.15, -0.1) is 11.3 Å². The lowest BCUT2D eigenvalue weighted by Crippen LogP contribution is -2.34. The van der Waals surface area contributed by atoms with Crippen LogP contribution in [0.15, 0.2) is 16.3 Å². The van der Waals surface area contributed by atoms with E-state index in [-0.39, 0.29) is 4.75 Å². The number of nitrogens with one attached hydrogen (secondary N) is 1. The molecule has 0 amide bonds. The maximum absolute atomic E-state index is 12.9. The van der Waals surface area contributed by atoms with E-state index in [9.17, 15) is 8.42 Å². The van der Waals surface area contributed by atoms with Crippen molar-refractivity contribution < 1.29 is 8.42 Å². The van der Waals surface area contributed by atoms with E-state index >= 15 is 0 Å². The van der Waals surface area contributed by atoms with E-state index in [4.69, 9.17) is 0 Å². The van der Waals surface area contributed by atoms with E-state index in [1.54, 1.807) is 10.4 Å². The van der Waals surface area contributed by atoms with Crippen molar-refractivity contribution in [3.05, 3.63) is 16.3 Å². The molecule has 120 valence electrons. The van der Waals surface area contributed by atoms with E-state index in [0.717, 1.165) is 23.6 Å². The van der Waals surface area contributed by atoms with Crippen molar-refractivity contribution in [3.8, 4) is 0 Å². The van der Waals surface area contributed by atoms with Gasteiger partial charge < -0.3 is 5.32 Å². The molecule has 0 atom stereocenters. The lowest BCUT2D eigenvalue weighted by atomic mass is 10.1. The molecule has 1 saturated heterocycles. The second kappa shape index (κ2) is 7.00. The fraction of sp³-hybridized carbons (Fsp3) is 0.714. The van der Waals surface area contributed by atoms with Crippen LogP contribution in [0.5, 0.6) is 0 Å². The molecule has 0 aromatic carbocycles. The number of thioether (sulfide) groups is 1. The zero-order valence-electron chi connectivity index (χ0n) is 12.9. The lowest BCUT2D eigenvalue weighted by molar-refractivity contribution is 0.415. The molecule has 4 nitrogen and oxygen atoms in total. The van der Waals surface area contributed by atoms with Crippen molar-refractivity contribution in [2.45, 2.75) is 43.4 Å². The average molecular weight is 349 g/mol. The minimum atomic E-state index is -3.36. The number of hydrogen-bond acceptors (Lipinski definition) is 5. The maximum atomic E-state index is 12.9. The third-order valence-electron chi connectivity index (χ3n) is 3.65. The SMILES string of the molecule is CCNCc1sccc1S(=O)(=O)N1CCSC(C)(C)CC1. The molecule has 0 aliphatic carbocycles. The highest BCUT2D eigenvalue weighted by atomic mass is 32.2. The Balaban J connectivity index is 2.20. The molecule has 2 heterocycles. The molecule has 0 saturated carbocycles. The first-order valence-corrected chi connectivity index (χ1v) is 10.6. The second-order valence-electron chi connectivity index (χ2n) is 5.75. The van der Waals surface area contributed by atoms with Gasteiger partial charge in [-0.3, -0.25) is 0 Å². The van der Waals surface area contributed by atoms with Crippen LogP contribution in [-0.2, 0) is 16.6 Å².